The van der Waals surface area contributed by atoms with Crippen LogP contribution in [0.5, 0.6) is 0 Å². The molecule has 0 unspecified atom stereocenters. The van der Waals surface area contributed by atoms with Crippen molar-refractivity contribution >= 4 is 23.5 Å². The number of benzene rings is 1. The molecule has 1 saturated heterocycles. The van der Waals surface area contributed by atoms with E-state index in [9.17, 15) is 27.6 Å². The van der Waals surface area contributed by atoms with Gasteiger partial charge in [0.1, 0.15) is 0 Å². The lowest BCUT2D eigenvalue weighted by Gasteiger charge is -2.19. The molecule has 1 fully saturated rings. The van der Waals surface area contributed by atoms with Crippen LogP contribution in [0.4, 0.5) is 23.7 Å². The first-order valence-electron chi connectivity index (χ1n) is 8.31. The number of carbonyl (C=O) groups is 3. The number of urea groups is 1. The number of ketones is 1. The number of carboxylic acid groups (broad SMARTS) is 1. The maximum atomic E-state index is 13.0. The van der Waals surface area contributed by atoms with Crippen LogP contribution in [0, 0.1) is 17.3 Å². The van der Waals surface area contributed by atoms with Gasteiger partial charge in [-0.3, -0.25) is 9.59 Å². The number of nitrogens with zero attached hydrogens (tertiary/aromatic N) is 1. The molecule has 2 amide bonds. The smallest absolute Gasteiger partial charge is 0.394 e. The highest BCUT2D eigenvalue weighted by atomic mass is 19.4. The van der Waals surface area contributed by atoms with Gasteiger partial charge in [0.05, 0.1) is 11.8 Å². The molecule has 0 spiro atoms. The normalized spacial score (nSPS) is 20.4. The molecular formula is C18H21F3N2O4. The molecule has 27 heavy (non-hydrogen) atoms. The van der Waals surface area contributed by atoms with Crippen LogP contribution in [-0.4, -0.2) is 47.1 Å². The molecular weight excluding hydrogens is 365 g/mol. The average molecular weight is 386 g/mol. The third-order valence-corrected chi connectivity index (χ3v) is 4.42. The molecule has 6 nitrogen and oxygen atoms in total. The van der Waals surface area contributed by atoms with Crippen LogP contribution in [-0.2, 0) is 4.79 Å². The van der Waals surface area contributed by atoms with E-state index >= 15 is 0 Å². The van der Waals surface area contributed by atoms with Gasteiger partial charge in [0.2, 0.25) is 0 Å². The molecule has 1 aliphatic heterocycles. The molecule has 1 aliphatic rings. The van der Waals surface area contributed by atoms with E-state index in [2.05, 4.69) is 5.32 Å². The topological polar surface area (TPSA) is 86.7 Å². The Labute approximate surface area is 154 Å². The van der Waals surface area contributed by atoms with Crippen molar-refractivity contribution in [3.8, 4) is 0 Å². The number of aliphatic carboxylic acids is 1. The van der Waals surface area contributed by atoms with Crippen molar-refractivity contribution in [1.82, 2.24) is 4.90 Å². The second-order valence-electron chi connectivity index (χ2n) is 7.58. The summed E-state index contributed by atoms with van der Waals surface area (Å²) in [5.74, 6) is -5.47. The molecule has 1 aromatic carbocycles. The third-order valence-electron chi connectivity index (χ3n) is 4.42. The Morgan fingerprint density at radius 2 is 1.63 bits per heavy atom. The van der Waals surface area contributed by atoms with Crippen molar-refractivity contribution in [2.45, 2.75) is 26.9 Å². The molecule has 0 radical (unpaired) electrons. The lowest BCUT2D eigenvalue weighted by Crippen LogP contribution is -2.35. The van der Waals surface area contributed by atoms with Crippen LogP contribution in [0.3, 0.4) is 0 Å². The number of nitrogens with one attached hydrogen (secondary N) is 1. The van der Waals surface area contributed by atoms with Crippen molar-refractivity contribution in [3.05, 3.63) is 29.8 Å². The van der Waals surface area contributed by atoms with Gasteiger partial charge in [-0.05, 0) is 24.3 Å². The number of halogens is 3. The number of hydrogen-bond donors (Lipinski definition) is 2. The number of alkyl halides is 3. The highest BCUT2D eigenvalue weighted by molar-refractivity contribution is 6.00. The van der Waals surface area contributed by atoms with Crippen molar-refractivity contribution in [2.75, 3.05) is 18.4 Å². The van der Waals surface area contributed by atoms with Crippen LogP contribution in [0.25, 0.3) is 0 Å². The summed E-state index contributed by atoms with van der Waals surface area (Å²) in [4.78, 5) is 36.3. The van der Waals surface area contributed by atoms with Gasteiger partial charge >= 0.3 is 18.2 Å². The van der Waals surface area contributed by atoms with Crippen LogP contribution >= 0.6 is 0 Å². The first kappa shape index (κ1) is 20.7. The third kappa shape index (κ3) is 4.78. The van der Waals surface area contributed by atoms with E-state index in [4.69, 9.17) is 5.11 Å². The molecule has 0 bridgehead atoms. The quantitative estimate of drug-likeness (QED) is 0.777. The van der Waals surface area contributed by atoms with Crippen LogP contribution < -0.4 is 5.32 Å². The van der Waals surface area contributed by atoms with Gasteiger partial charge in [0, 0.05) is 29.8 Å². The highest BCUT2D eigenvalue weighted by Crippen LogP contribution is 2.37. The molecule has 2 atom stereocenters. The van der Waals surface area contributed by atoms with Crippen molar-refractivity contribution in [3.63, 3.8) is 0 Å². The van der Waals surface area contributed by atoms with Crippen LogP contribution in [0.2, 0.25) is 0 Å². The van der Waals surface area contributed by atoms with Gasteiger partial charge in [-0.2, -0.15) is 13.2 Å². The molecule has 2 N–H and O–H groups in total. The number of hydrogen-bond acceptors (Lipinski definition) is 3. The zero-order valence-electron chi connectivity index (χ0n) is 15.1. The van der Waals surface area contributed by atoms with Crippen molar-refractivity contribution in [1.29, 1.82) is 0 Å². The van der Waals surface area contributed by atoms with Gasteiger partial charge in [-0.25, -0.2) is 4.79 Å². The van der Waals surface area contributed by atoms with E-state index in [0.717, 1.165) is 4.90 Å². The van der Waals surface area contributed by atoms with E-state index in [0.29, 0.717) is 11.3 Å². The summed E-state index contributed by atoms with van der Waals surface area (Å²) in [6.45, 7) is 4.08. The Kier molecular flexibility index (Phi) is 5.53. The van der Waals surface area contributed by atoms with Crippen LogP contribution in [0.1, 0.15) is 31.1 Å². The maximum Gasteiger partial charge on any atom is 0.394 e. The summed E-state index contributed by atoms with van der Waals surface area (Å²) in [7, 11) is 0. The second-order valence-corrected chi connectivity index (χ2v) is 7.58. The average Bonchev–Trinajstić information content (AvgIpc) is 3.00. The van der Waals surface area contributed by atoms with Crippen molar-refractivity contribution < 1.29 is 32.7 Å². The molecule has 1 aromatic rings. The number of carbonyl (C=O) groups excluding carboxylic acids is 2. The van der Waals surface area contributed by atoms with Gasteiger partial charge in [-0.1, -0.05) is 20.8 Å². The monoisotopic (exact) mass is 386 g/mol. The number of carboxylic acids is 1. The van der Waals surface area contributed by atoms with Gasteiger partial charge < -0.3 is 15.3 Å². The van der Waals surface area contributed by atoms with Gasteiger partial charge in [0.25, 0.3) is 0 Å². The molecule has 148 valence electrons. The van der Waals surface area contributed by atoms with E-state index < -0.39 is 48.5 Å². The Hall–Kier alpha value is -2.58. The second kappa shape index (κ2) is 7.21. The summed E-state index contributed by atoms with van der Waals surface area (Å²) >= 11 is 0. The Balaban J connectivity index is 2.07. The Morgan fingerprint density at radius 3 is 2.04 bits per heavy atom. The van der Waals surface area contributed by atoms with Gasteiger partial charge in [-0.15, -0.1) is 0 Å². The number of rotatable bonds is 3. The Bertz CT molecular complexity index is 738. The summed E-state index contributed by atoms with van der Waals surface area (Å²) in [6.07, 6.45) is -4.70. The SMILES string of the molecule is CC(C)(C)C(=O)c1ccc(NC(=O)N2C[C@@H](C(F)(F)F)[C@H](C(=O)O)C2)cc1. The molecule has 2 rings (SSSR count). The number of Topliss-reactive ketones (excluding diaryl/α,β-unsaturated/α-hetero) is 1. The number of amides is 2. The molecule has 0 aromatic heterocycles. The van der Waals surface area contributed by atoms with Crippen LogP contribution in [0.15, 0.2) is 24.3 Å². The molecule has 0 saturated carbocycles. The fourth-order valence-corrected chi connectivity index (χ4v) is 2.89. The summed E-state index contributed by atoms with van der Waals surface area (Å²) in [6, 6.07) is 5.17. The standard InChI is InChI=1S/C18H21F3N2O4/c1-17(2,3)14(24)10-4-6-11(7-5-10)22-16(27)23-8-12(15(25)26)13(9-23)18(19,20)21/h4-7,12-13H,8-9H2,1-3H3,(H,22,27)(H,25,26)/t12-,13-/m1/s1. The summed E-state index contributed by atoms with van der Waals surface area (Å²) in [5, 5.41) is 11.4. The fourth-order valence-electron chi connectivity index (χ4n) is 2.89. The molecule has 1 heterocycles. The number of likely N-dealkylation sites (tertiary alicyclic amines) is 1. The van der Waals surface area contributed by atoms with E-state index in [-0.39, 0.29) is 5.78 Å². The minimum atomic E-state index is -4.70. The lowest BCUT2D eigenvalue weighted by molar-refractivity contribution is -0.187. The molecule has 0 aliphatic carbocycles. The van der Waals surface area contributed by atoms with Crippen molar-refractivity contribution in [2.24, 2.45) is 17.3 Å². The maximum absolute atomic E-state index is 13.0. The van der Waals surface area contributed by atoms with E-state index in [1.165, 1.54) is 24.3 Å². The summed E-state index contributed by atoms with van der Waals surface area (Å²) in [5.41, 5.74) is 0.177. The zero-order chi connectivity index (χ0) is 20.6. The zero-order valence-corrected chi connectivity index (χ0v) is 15.1. The lowest BCUT2D eigenvalue weighted by atomic mass is 9.86. The minimum absolute atomic E-state index is 0.0859. The predicted molar refractivity (Wildman–Crippen MR) is 91.5 cm³/mol. The first-order chi connectivity index (χ1) is 12.3. The largest absolute Gasteiger partial charge is 0.481 e. The van der Waals surface area contributed by atoms with E-state index in [1.807, 2.05) is 0 Å². The highest BCUT2D eigenvalue weighted by Gasteiger charge is 2.53. The predicted octanol–water partition coefficient (Wildman–Crippen LogP) is 3.64. The van der Waals surface area contributed by atoms with Gasteiger partial charge in [0.15, 0.2) is 5.78 Å². The first-order valence-corrected chi connectivity index (χ1v) is 8.31. The number of anilines is 1. The summed E-state index contributed by atoms with van der Waals surface area (Å²) < 4.78 is 39.0. The van der Waals surface area contributed by atoms with E-state index in [1.54, 1.807) is 20.8 Å². The molecule has 9 heteroatoms. The fraction of sp³-hybridized carbons (Fsp3) is 0.500. The minimum Gasteiger partial charge on any atom is -0.481 e. The Morgan fingerprint density at radius 1 is 1.07 bits per heavy atom.